The molecule has 7 aromatic carbocycles. The second kappa shape index (κ2) is 15.9. The van der Waals surface area contributed by atoms with Gasteiger partial charge in [-0.25, -0.2) is 0 Å². The summed E-state index contributed by atoms with van der Waals surface area (Å²) in [5, 5.41) is 0. The molecule has 0 bridgehead atoms. The summed E-state index contributed by atoms with van der Waals surface area (Å²) in [6.45, 7) is 38.6. The van der Waals surface area contributed by atoms with E-state index < -0.39 is 0 Å². The van der Waals surface area contributed by atoms with E-state index in [1.165, 1.54) is 137 Å². The quantitative estimate of drug-likeness (QED) is 0.162. The molecule has 362 valence electrons. The molecule has 0 atom stereocenters. The number of aryl methyl sites for hydroxylation is 2. The third-order valence-electron chi connectivity index (χ3n) is 17.9. The summed E-state index contributed by atoms with van der Waals surface area (Å²) in [7, 11) is 0. The predicted molar refractivity (Wildman–Crippen MR) is 309 cm³/mol. The molecule has 7 aromatic rings. The Balaban J connectivity index is 1.27. The Morgan fingerprint density at radius 1 is 0.394 bits per heavy atom. The molecule has 11 rings (SSSR count). The molecule has 71 heavy (non-hydrogen) atoms. The second-order valence-electron chi connectivity index (χ2n) is 26.9. The van der Waals surface area contributed by atoms with Crippen LogP contribution in [0.3, 0.4) is 0 Å². The zero-order valence-corrected chi connectivity index (χ0v) is 45.9. The van der Waals surface area contributed by atoms with Crippen molar-refractivity contribution in [2.45, 2.75) is 169 Å². The van der Waals surface area contributed by atoms with Gasteiger partial charge in [-0.05, 0) is 192 Å². The lowest BCUT2D eigenvalue weighted by atomic mass is 9.33. The third-order valence-corrected chi connectivity index (χ3v) is 17.9. The Bertz CT molecular complexity index is 3310. The molecule has 2 aliphatic heterocycles. The highest BCUT2D eigenvalue weighted by molar-refractivity contribution is 7.00. The van der Waals surface area contributed by atoms with Crippen LogP contribution >= 0.6 is 0 Å². The molecular weight excluding hydrogens is 856 g/mol. The molecule has 3 heteroatoms. The van der Waals surface area contributed by atoms with Gasteiger partial charge in [0.15, 0.2) is 0 Å². The molecule has 0 radical (unpaired) electrons. The molecule has 2 heterocycles. The zero-order chi connectivity index (χ0) is 50.5. The van der Waals surface area contributed by atoms with Crippen LogP contribution in [0, 0.1) is 13.8 Å². The van der Waals surface area contributed by atoms with Crippen LogP contribution in [0.2, 0.25) is 0 Å². The van der Waals surface area contributed by atoms with Crippen LogP contribution < -0.4 is 26.2 Å². The standard InChI is InChI=1S/C68H77BN2/c1-42-34-60-62-61(35-42)71(57-39-48(64(6,7)8)25-22-43(57)2)58-37-45(44-20-18-17-19-21-44)24-28-54(58)69(62)55-40-52-53(68(15,16)33-32-67(52,13)14)41-59(55)70(60)56-29-26-47(63(3,4)5)38-49(56)46-23-27-50-51(36-46)66(11,12)31-30-65(50,9)10/h17-29,34-41H,30-33H2,1-16H3. The Kier molecular flexibility index (Phi) is 10.6. The largest absolute Gasteiger partial charge is 0.311 e. The highest BCUT2D eigenvalue weighted by Crippen LogP contribution is 2.54. The normalized spacial score (nSPS) is 18.0. The van der Waals surface area contributed by atoms with E-state index in [1.807, 2.05) is 0 Å². The molecule has 0 spiro atoms. The minimum absolute atomic E-state index is 0.0178. The van der Waals surface area contributed by atoms with E-state index in [0.29, 0.717) is 0 Å². The van der Waals surface area contributed by atoms with Crippen molar-refractivity contribution in [3.63, 3.8) is 0 Å². The van der Waals surface area contributed by atoms with Gasteiger partial charge < -0.3 is 9.80 Å². The first-order chi connectivity index (χ1) is 33.2. The van der Waals surface area contributed by atoms with Crippen molar-refractivity contribution in [3.05, 3.63) is 172 Å². The Morgan fingerprint density at radius 2 is 0.915 bits per heavy atom. The number of nitrogens with zero attached hydrogens (tertiary/aromatic N) is 2. The number of hydrogen-bond acceptors (Lipinski definition) is 2. The highest BCUT2D eigenvalue weighted by atomic mass is 15.2. The van der Waals surface area contributed by atoms with Crippen molar-refractivity contribution in [3.8, 4) is 22.3 Å². The summed E-state index contributed by atoms with van der Waals surface area (Å²) >= 11 is 0. The minimum atomic E-state index is -0.0346. The lowest BCUT2D eigenvalue weighted by Gasteiger charge is -2.48. The van der Waals surface area contributed by atoms with Crippen molar-refractivity contribution in [1.29, 1.82) is 0 Å². The van der Waals surface area contributed by atoms with Crippen molar-refractivity contribution in [2.75, 3.05) is 9.80 Å². The summed E-state index contributed by atoms with van der Waals surface area (Å²) < 4.78 is 0. The van der Waals surface area contributed by atoms with Gasteiger partial charge in [0, 0.05) is 34.0 Å². The van der Waals surface area contributed by atoms with Crippen LogP contribution in [-0.4, -0.2) is 6.71 Å². The van der Waals surface area contributed by atoms with E-state index in [4.69, 9.17) is 0 Å². The topological polar surface area (TPSA) is 6.48 Å². The van der Waals surface area contributed by atoms with E-state index >= 15 is 0 Å². The molecular formula is C68H77BN2. The van der Waals surface area contributed by atoms with E-state index in [9.17, 15) is 0 Å². The molecule has 2 nitrogen and oxygen atoms in total. The van der Waals surface area contributed by atoms with E-state index in [2.05, 4.69) is 248 Å². The zero-order valence-electron chi connectivity index (χ0n) is 45.9. The number of rotatable bonds is 4. The Morgan fingerprint density at radius 3 is 1.54 bits per heavy atom. The van der Waals surface area contributed by atoms with Crippen molar-refractivity contribution < 1.29 is 0 Å². The smallest absolute Gasteiger partial charge is 0.252 e. The average molecular weight is 933 g/mol. The molecule has 4 aliphatic rings. The first kappa shape index (κ1) is 47.5. The molecule has 0 unspecified atom stereocenters. The van der Waals surface area contributed by atoms with Gasteiger partial charge in [-0.15, -0.1) is 0 Å². The second-order valence-corrected chi connectivity index (χ2v) is 26.9. The molecule has 0 N–H and O–H groups in total. The SMILES string of the molecule is Cc1cc2c3c(c1)N(c1ccc(C(C)(C)C)cc1-c1ccc4c(c1)C(C)(C)CCC4(C)C)c1cc4c(cc1B3c1ccc(-c3ccccc3)cc1N2c1cc(C(C)(C)C)ccc1C)C(C)(C)CCC4(C)C. The van der Waals surface area contributed by atoms with Crippen LogP contribution in [-0.2, 0) is 32.5 Å². The molecule has 0 fully saturated rings. The van der Waals surface area contributed by atoms with Crippen LogP contribution in [0.4, 0.5) is 34.1 Å². The summed E-state index contributed by atoms with van der Waals surface area (Å²) in [6.07, 6.45) is 4.71. The lowest BCUT2D eigenvalue weighted by Crippen LogP contribution is -2.62. The van der Waals surface area contributed by atoms with E-state index in [0.717, 1.165) is 6.42 Å². The molecule has 0 amide bonds. The number of benzene rings is 7. The number of anilines is 6. The van der Waals surface area contributed by atoms with Crippen molar-refractivity contribution in [2.24, 2.45) is 0 Å². The van der Waals surface area contributed by atoms with Crippen LogP contribution in [0.15, 0.2) is 127 Å². The first-order valence-electron chi connectivity index (χ1n) is 26.8. The lowest BCUT2D eigenvalue weighted by molar-refractivity contribution is 0.332. The van der Waals surface area contributed by atoms with E-state index in [-0.39, 0.29) is 39.2 Å². The monoisotopic (exact) mass is 933 g/mol. The third kappa shape index (κ3) is 7.65. The number of fused-ring (bicyclic) bond motifs is 6. The van der Waals surface area contributed by atoms with Crippen molar-refractivity contribution in [1.82, 2.24) is 0 Å². The first-order valence-corrected chi connectivity index (χ1v) is 26.8. The van der Waals surface area contributed by atoms with Gasteiger partial charge in [-0.1, -0.05) is 182 Å². The summed E-state index contributed by atoms with van der Waals surface area (Å²) in [5.41, 5.74) is 28.3. The number of hydrogen-bond donors (Lipinski definition) is 0. The predicted octanol–water partition coefficient (Wildman–Crippen LogP) is 17.0. The van der Waals surface area contributed by atoms with E-state index in [1.54, 1.807) is 0 Å². The van der Waals surface area contributed by atoms with Gasteiger partial charge in [0.2, 0.25) is 0 Å². The summed E-state index contributed by atoms with van der Waals surface area (Å²) in [5.74, 6) is 0. The maximum Gasteiger partial charge on any atom is 0.252 e. The van der Waals surface area contributed by atoms with Gasteiger partial charge in [0.25, 0.3) is 6.71 Å². The molecule has 0 saturated heterocycles. The van der Waals surface area contributed by atoms with Crippen LogP contribution in [0.25, 0.3) is 22.3 Å². The fourth-order valence-electron chi connectivity index (χ4n) is 13.0. The maximum absolute atomic E-state index is 2.73. The fourth-order valence-corrected chi connectivity index (χ4v) is 13.0. The highest BCUT2D eigenvalue weighted by Gasteiger charge is 2.47. The fraction of sp³-hybridized carbons (Fsp3) is 0.382. The van der Waals surface area contributed by atoms with Gasteiger partial charge >= 0.3 is 0 Å². The van der Waals surface area contributed by atoms with Crippen LogP contribution in [0.5, 0.6) is 0 Å². The van der Waals surface area contributed by atoms with Gasteiger partial charge in [0.05, 0.1) is 5.69 Å². The van der Waals surface area contributed by atoms with Crippen LogP contribution in [0.1, 0.15) is 167 Å². The minimum Gasteiger partial charge on any atom is -0.311 e. The molecule has 2 aliphatic carbocycles. The van der Waals surface area contributed by atoms with Gasteiger partial charge in [0.1, 0.15) is 0 Å². The average Bonchev–Trinajstić information content (AvgIpc) is 3.31. The molecule has 0 aromatic heterocycles. The maximum atomic E-state index is 2.73. The molecule has 0 saturated carbocycles. The summed E-state index contributed by atoms with van der Waals surface area (Å²) in [4.78, 5) is 5.38. The van der Waals surface area contributed by atoms with Gasteiger partial charge in [-0.2, -0.15) is 0 Å². The Hall–Kier alpha value is -5.80. The van der Waals surface area contributed by atoms with Gasteiger partial charge in [-0.3, -0.25) is 0 Å². The summed E-state index contributed by atoms with van der Waals surface area (Å²) in [6, 6.07) is 50.9. The Labute approximate surface area is 428 Å². The van der Waals surface area contributed by atoms with Crippen molar-refractivity contribution >= 4 is 57.2 Å².